The number of amides is 1. The van der Waals surface area contributed by atoms with Crippen molar-refractivity contribution in [1.82, 2.24) is 0 Å². The van der Waals surface area contributed by atoms with Gasteiger partial charge < -0.3 is 19.7 Å². The Hall–Kier alpha value is -2.53. The lowest BCUT2D eigenvalue weighted by atomic mass is 9.72. The third-order valence-corrected chi connectivity index (χ3v) is 8.18. The fourth-order valence-corrected chi connectivity index (χ4v) is 6.18. The molecule has 31 heavy (non-hydrogen) atoms. The molecule has 2 heterocycles. The number of likely N-dealkylation sites (N-methyl/N-ethyl adjacent to an activating group) is 1. The number of nitrogens with two attached hydrogens (primary N) is 1. The van der Waals surface area contributed by atoms with Crippen molar-refractivity contribution in [3.05, 3.63) is 59.7 Å². The molecule has 0 bridgehead atoms. The number of carbonyl (C=O) groups excluding carboxylic acids is 1. The van der Waals surface area contributed by atoms with Gasteiger partial charge in [0.05, 0.1) is 32.1 Å². The minimum atomic E-state index is -0.536. The molecular weight excluding hydrogens is 388 g/mol. The van der Waals surface area contributed by atoms with Crippen LogP contribution in [0.1, 0.15) is 30.9 Å². The van der Waals surface area contributed by atoms with Gasteiger partial charge in [-0.1, -0.05) is 43.3 Å². The monoisotopic (exact) mass is 421 g/mol. The molecule has 3 aliphatic rings. The Balaban J connectivity index is 1.21. The third kappa shape index (κ3) is 3.59. The van der Waals surface area contributed by atoms with Gasteiger partial charge in [0.1, 0.15) is 0 Å². The van der Waals surface area contributed by atoms with Crippen molar-refractivity contribution in [2.45, 2.75) is 31.6 Å². The maximum absolute atomic E-state index is 12.6. The number of hydrogen-bond acceptors (Lipinski definition) is 3. The van der Waals surface area contributed by atoms with Gasteiger partial charge in [0.2, 0.25) is 12.7 Å². The fraction of sp³-hybridized carbons (Fsp3) is 0.500. The van der Waals surface area contributed by atoms with Crippen LogP contribution < -0.4 is 15.2 Å². The van der Waals surface area contributed by atoms with E-state index in [0.717, 1.165) is 59.2 Å². The second kappa shape index (κ2) is 7.56. The van der Waals surface area contributed by atoms with Crippen molar-refractivity contribution in [2.24, 2.45) is 23.5 Å². The first kappa shape index (κ1) is 20.4. The van der Waals surface area contributed by atoms with Crippen LogP contribution in [0.5, 0.6) is 11.5 Å². The van der Waals surface area contributed by atoms with E-state index in [9.17, 15) is 4.79 Å². The molecule has 2 aromatic carbocycles. The van der Waals surface area contributed by atoms with Crippen LogP contribution in [0.15, 0.2) is 48.5 Å². The van der Waals surface area contributed by atoms with Crippen LogP contribution in [0.2, 0.25) is 0 Å². The zero-order valence-corrected chi connectivity index (χ0v) is 18.5. The second-order valence-electron chi connectivity index (χ2n) is 10.0. The molecule has 3 atom stereocenters. The average molecular weight is 422 g/mol. The van der Waals surface area contributed by atoms with Gasteiger partial charge in [0, 0.05) is 18.3 Å². The number of quaternary nitrogens is 1. The maximum Gasteiger partial charge on any atom is 0.231 e. The lowest BCUT2D eigenvalue weighted by Crippen LogP contribution is -2.47. The molecule has 5 nitrogen and oxygen atoms in total. The molecule has 1 amide bonds. The molecule has 0 radical (unpaired) electrons. The van der Waals surface area contributed by atoms with E-state index < -0.39 is 5.41 Å². The summed E-state index contributed by atoms with van der Waals surface area (Å²) in [6, 6.07) is 16.5. The smallest absolute Gasteiger partial charge is 0.231 e. The molecule has 5 rings (SSSR count). The Morgan fingerprint density at radius 1 is 1.10 bits per heavy atom. The van der Waals surface area contributed by atoms with E-state index >= 15 is 0 Å². The van der Waals surface area contributed by atoms with Gasteiger partial charge in [-0.15, -0.1) is 0 Å². The van der Waals surface area contributed by atoms with Crippen LogP contribution in [-0.2, 0) is 16.6 Å². The molecule has 5 heteroatoms. The van der Waals surface area contributed by atoms with Crippen LogP contribution in [0, 0.1) is 17.8 Å². The van der Waals surface area contributed by atoms with Crippen molar-refractivity contribution in [1.29, 1.82) is 0 Å². The van der Waals surface area contributed by atoms with E-state index in [1.807, 2.05) is 24.3 Å². The van der Waals surface area contributed by atoms with E-state index in [1.165, 1.54) is 18.7 Å². The molecule has 1 aliphatic carbocycles. The van der Waals surface area contributed by atoms with Gasteiger partial charge in [-0.2, -0.15) is 0 Å². The molecule has 1 saturated heterocycles. The Morgan fingerprint density at radius 3 is 2.48 bits per heavy atom. The van der Waals surface area contributed by atoms with Crippen LogP contribution in [0.3, 0.4) is 0 Å². The minimum Gasteiger partial charge on any atom is -0.454 e. The number of rotatable bonds is 8. The van der Waals surface area contributed by atoms with Crippen molar-refractivity contribution in [3.63, 3.8) is 0 Å². The minimum absolute atomic E-state index is 0.175. The number of likely N-dealkylation sites (tertiary alicyclic amines) is 1. The predicted octanol–water partition coefficient (Wildman–Crippen LogP) is 3.50. The number of nitrogens with zero attached hydrogens (tertiary/aromatic N) is 1. The number of primary amides is 1. The summed E-state index contributed by atoms with van der Waals surface area (Å²) < 4.78 is 12.1. The van der Waals surface area contributed by atoms with Gasteiger partial charge in [-0.3, -0.25) is 4.79 Å². The molecule has 3 unspecified atom stereocenters. The fourth-order valence-electron chi connectivity index (χ4n) is 6.18. The number of piperidine rings is 1. The first-order valence-corrected chi connectivity index (χ1v) is 11.5. The highest BCUT2D eigenvalue weighted by molar-refractivity contribution is 5.86. The first-order chi connectivity index (χ1) is 14.9. The van der Waals surface area contributed by atoms with Crippen molar-refractivity contribution >= 4 is 5.91 Å². The largest absolute Gasteiger partial charge is 0.454 e. The second-order valence-corrected chi connectivity index (χ2v) is 10.0. The molecule has 2 aromatic rings. The highest BCUT2D eigenvalue weighted by atomic mass is 16.7. The van der Waals surface area contributed by atoms with Crippen molar-refractivity contribution < 1.29 is 18.8 Å². The quantitative estimate of drug-likeness (QED) is 0.664. The number of fused-ring (bicyclic) bond motifs is 2. The highest BCUT2D eigenvalue weighted by Crippen LogP contribution is 2.58. The van der Waals surface area contributed by atoms with Crippen molar-refractivity contribution in [3.8, 4) is 11.5 Å². The zero-order chi connectivity index (χ0) is 21.6. The van der Waals surface area contributed by atoms with E-state index in [2.05, 4.69) is 38.2 Å². The summed E-state index contributed by atoms with van der Waals surface area (Å²) in [5.41, 5.74) is 7.83. The summed E-state index contributed by atoms with van der Waals surface area (Å²) in [7, 11) is 2.38. The van der Waals surface area contributed by atoms with E-state index in [1.54, 1.807) is 0 Å². The summed E-state index contributed by atoms with van der Waals surface area (Å²) in [6.07, 6.45) is 2.69. The van der Waals surface area contributed by atoms with Gasteiger partial charge >= 0.3 is 0 Å². The number of benzene rings is 2. The van der Waals surface area contributed by atoms with E-state index in [4.69, 9.17) is 15.2 Å². The summed E-state index contributed by atoms with van der Waals surface area (Å²) in [4.78, 5) is 12.6. The molecule has 0 aromatic heterocycles. The predicted molar refractivity (Wildman–Crippen MR) is 120 cm³/mol. The molecule has 2 aliphatic heterocycles. The number of hydrogen-bond donors (Lipinski definition) is 1. The van der Waals surface area contributed by atoms with Gasteiger partial charge in [-0.05, 0) is 42.0 Å². The number of carbonyl (C=O) groups is 1. The summed E-state index contributed by atoms with van der Waals surface area (Å²) in [6.45, 7) is 5.96. The standard InChI is InChI=1S/C26H32N2O3/c1-3-26(25(27)29,19-7-5-4-6-8-19)14-20-21-15-28(2,16-22(20)21)12-11-18-9-10-23-24(13-18)31-17-30-23/h4-10,13,20-22H,3,11-12,14-17H2,1-2H3,(H-,27,29)/p+1. The van der Waals surface area contributed by atoms with Crippen LogP contribution in [0.25, 0.3) is 0 Å². The van der Waals surface area contributed by atoms with Gasteiger partial charge in [-0.25, -0.2) is 0 Å². The number of ether oxygens (including phenoxy) is 2. The normalized spacial score (nSPS) is 29.9. The van der Waals surface area contributed by atoms with Gasteiger partial charge in [0.15, 0.2) is 11.5 Å². The Kier molecular flexibility index (Phi) is 4.97. The molecule has 2 fully saturated rings. The molecule has 1 saturated carbocycles. The Morgan fingerprint density at radius 2 is 1.81 bits per heavy atom. The van der Waals surface area contributed by atoms with E-state index in [0.29, 0.717) is 12.7 Å². The zero-order valence-electron chi connectivity index (χ0n) is 18.5. The van der Waals surface area contributed by atoms with Crippen molar-refractivity contribution in [2.75, 3.05) is 33.5 Å². The van der Waals surface area contributed by atoms with Gasteiger partial charge in [0.25, 0.3) is 0 Å². The van der Waals surface area contributed by atoms with Crippen LogP contribution in [-0.4, -0.2) is 43.9 Å². The maximum atomic E-state index is 12.6. The average Bonchev–Trinajstić information content (AvgIpc) is 3.13. The SMILES string of the molecule is CCC(CC1C2C[N+](C)(CCc3ccc4c(c3)OCO4)CC12)(C(N)=O)c1ccccc1. The lowest BCUT2D eigenvalue weighted by molar-refractivity contribution is -0.903. The third-order valence-electron chi connectivity index (χ3n) is 8.18. The summed E-state index contributed by atoms with van der Waals surface area (Å²) >= 11 is 0. The van der Waals surface area contributed by atoms with Crippen LogP contribution in [0.4, 0.5) is 0 Å². The Bertz CT molecular complexity index is 964. The molecule has 164 valence electrons. The molecular formula is C26H33N2O3+. The topological polar surface area (TPSA) is 61.6 Å². The molecule has 0 spiro atoms. The highest BCUT2D eigenvalue weighted by Gasteiger charge is 2.63. The van der Waals surface area contributed by atoms with E-state index in [-0.39, 0.29) is 5.91 Å². The molecule has 2 N–H and O–H groups in total. The summed E-state index contributed by atoms with van der Waals surface area (Å²) in [5.74, 6) is 3.59. The summed E-state index contributed by atoms with van der Waals surface area (Å²) in [5, 5.41) is 0. The first-order valence-electron chi connectivity index (χ1n) is 11.5. The van der Waals surface area contributed by atoms with Crippen LogP contribution >= 0.6 is 0 Å². The Labute approximate surface area is 184 Å². The lowest BCUT2D eigenvalue weighted by Gasteiger charge is -2.35.